The van der Waals surface area contributed by atoms with Crippen molar-refractivity contribution >= 4 is 23.0 Å². The van der Waals surface area contributed by atoms with E-state index in [2.05, 4.69) is 4.98 Å². The number of nitrogens with zero attached hydrogens (tertiary/aromatic N) is 5. The summed E-state index contributed by atoms with van der Waals surface area (Å²) in [4.78, 5) is 30.1. The topological polar surface area (TPSA) is 66.2 Å². The van der Waals surface area contributed by atoms with E-state index in [4.69, 9.17) is 0 Å². The molecule has 0 aliphatic rings. The summed E-state index contributed by atoms with van der Waals surface area (Å²) in [6, 6.07) is 9.76. The smallest absolute Gasteiger partial charge is 0.317 e. The van der Waals surface area contributed by atoms with Gasteiger partial charge in [-0.1, -0.05) is 42.5 Å². The van der Waals surface area contributed by atoms with Gasteiger partial charge in [0.05, 0.1) is 0 Å². The fourth-order valence-corrected chi connectivity index (χ4v) is 3.14. The van der Waals surface area contributed by atoms with Crippen LogP contribution in [0, 0.1) is 6.92 Å². The highest BCUT2D eigenvalue weighted by Crippen LogP contribution is 2.14. The van der Waals surface area contributed by atoms with E-state index in [1.54, 1.807) is 11.4 Å². The third-order valence-electron chi connectivity index (χ3n) is 4.70. The minimum Gasteiger partial charge on any atom is -0.317 e. The number of allylic oxidation sites excluding steroid dienone is 1. The van der Waals surface area contributed by atoms with E-state index in [0.29, 0.717) is 16.9 Å². The summed E-state index contributed by atoms with van der Waals surface area (Å²) in [6.07, 6.45) is 5.58. The molecule has 0 aliphatic heterocycles. The largest absolute Gasteiger partial charge is 0.332 e. The van der Waals surface area contributed by atoms with Gasteiger partial charge in [-0.05, 0) is 12.5 Å². The SMILES string of the molecule is Cc1cn2c3c(=O)n(CC=Cc4ccccc4)c(=O)n(C)c3nc2n1C. The molecule has 0 N–H and O–H groups in total. The lowest BCUT2D eigenvalue weighted by Gasteiger charge is -2.05. The molecule has 0 fully saturated rings. The Morgan fingerprint density at radius 2 is 1.81 bits per heavy atom. The quantitative estimate of drug-likeness (QED) is 0.565. The van der Waals surface area contributed by atoms with E-state index < -0.39 is 0 Å². The highest BCUT2D eigenvalue weighted by molar-refractivity contribution is 5.75. The zero-order valence-corrected chi connectivity index (χ0v) is 14.9. The van der Waals surface area contributed by atoms with Gasteiger partial charge < -0.3 is 4.57 Å². The van der Waals surface area contributed by atoms with Gasteiger partial charge in [-0.3, -0.25) is 18.3 Å². The average molecular weight is 349 g/mol. The highest BCUT2D eigenvalue weighted by Gasteiger charge is 2.18. The van der Waals surface area contributed by atoms with Crippen LogP contribution in [-0.4, -0.2) is 23.1 Å². The first-order chi connectivity index (χ1) is 12.5. The molecule has 0 saturated heterocycles. The molecule has 7 heteroatoms. The van der Waals surface area contributed by atoms with Crippen molar-refractivity contribution in [3.8, 4) is 0 Å². The standard InChI is InChI=1S/C19H19N5O2/c1-13-12-24-15-16(20-18(24)21(13)2)22(3)19(26)23(17(15)25)11-7-10-14-8-5-4-6-9-14/h4-10,12H,11H2,1-3H3. The third-order valence-corrected chi connectivity index (χ3v) is 4.70. The van der Waals surface area contributed by atoms with Gasteiger partial charge in [0.25, 0.3) is 5.56 Å². The van der Waals surface area contributed by atoms with Crippen LogP contribution in [0.3, 0.4) is 0 Å². The van der Waals surface area contributed by atoms with E-state index in [-0.39, 0.29) is 17.8 Å². The van der Waals surface area contributed by atoms with Crippen LogP contribution in [-0.2, 0) is 20.6 Å². The number of aromatic nitrogens is 5. The van der Waals surface area contributed by atoms with E-state index >= 15 is 0 Å². The Balaban J connectivity index is 1.88. The second-order valence-corrected chi connectivity index (χ2v) is 6.35. The van der Waals surface area contributed by atoms with Gasteiger partial charge in [-0.15, -0.1) is 0 Å². The molecule has 7 nitrogen and oxygen atoms in total. The molecule has 0 radical (unpaired) electrons. The van der Waals surface area contributed by atoms with Crippen LogP contribution in [0.2, 0.25) is 0 Å². The molecule has 4 aromatic rings. The van der Waals surface area contributed by atoms with Gasteiger partial charge >= 0.3 is 5.69 Å². The summed E-state index contributed by atoms with van der Waals surface area (Å²) in [7, 11) is 3.52. The van der Waals surface area contributed by atoms with Crippen LogP contribution >= 0.6 is 0 Å². The highest BCUT2D eigenvalue weighted by atomic mass is 16.2. The van der Waals surface area contributed by atoms with Gasteiger partial charge in [0, 0.05) is 32.5 Å². The molecule has 132 valence electrons. The number of rotatable bonds is 3. The summed E-state index contributed by atoms with van der Waals surface area (Å²) >= 11 is 0. The van der Waals surface area contributed by atoms with Gasteiger partial charge in [-0.2, -0.15) is 4.98 Å². The fourth-order valence-electron chi connectivity index (χ4n) is 3.14. The molecule has 26 heavy (non-hydrogen) atoms. The summed E-state index contributed by atoms with van der Waals surface area (Å²) in [5.74, 6) is 0.641. The molecular weight excluding hydrogens is 330 g/mol. The number of imidazole rings is 2. The van der Waals surface area contributed by atoms with E-state index in [1.807, 2.05) is 67.2 Å². The lowest BCUT2D eigenvalue weighted by Crippen LogP contribution is -2.39. The number of benzene rings is 1. The molecular formula is C19H19N5O2. The third kappa shape index (κ3) is 2.32. The van der Waals surface area contributed by atoms with Crippen LogP contribution in [0.1, 0.15) is 11.3 Å². The maximum absolute atomic E-state index is 13.0. The molecule has 3 heterocycles. The average Bonchev–Trinajstić information content (AvgIpc) is 3.14. The van der Waals surface area contributed by atoms with E-state index in [0.717, 1.165) is 11.3 Å². The van der Waals surface area contributed by atoms with Gasteiger partial charge in [-0.25, -0.2) is 4.79 Å². The van der Waals surface area contributed by atoms with Crippen molar-refractivity contribution in [3.05, 3.63) is 74.7 Å². The maximum Gasteiger partial charge on any atom is 0.332 e. The zero-order valence-electron chi connectivity index (χ0n) is 14.9. The van der Waals surface area contributed by atoms with Crippen molar-refractivity contribution in [1.29, 1.82) is 0 Å². The maximum atomic E-state index is 13.0. The number of fused-ring (bicyclic) bond motifs is 3. The van der Waals surface area contributed by atoms with Crippen molar-refractivity contribution in [1.82, 2.24) is 23.1 Å². The van der Waals surface area contributed by atoms with Crippen molar-refractivity contribution in [2.45, 2.75) is 13.5 Å². The Bertz CT molecular complexity index is 1270. The lowest BCUT2D eigenvalue weighted by molar-refractivity contribution is 0.667. The van der Waals surface area contributed by atoms with Crippen molar-refractivity contribution in [3.63, 3.8) is 0 Å². The van der Waals surface area contributed by atoms with E-state index in [1.165, 1.54) is 9.13 Å². The van der Waals surface area contributed by atoms with Gasteiger partial charge in [0.1, 0.15) is 0 Å². The Morgan fingerprint density at radius 3 is 2.54 bits per heavy atom. The molecule has 4 rings (SSSR count). The predicted octanol–water partition coefficient (Wildman–Crippen LogP) is 1.71. The minimum absolute atomic E-state index is 0.204. The Hall–Kier alpha value is -3.35. The van der Waals surface area contributed by atoms with E-state index in [9.17, 15) is 9.59 Å². The molecule has 0 amide bonds. The molecule has 0 saturated carbocycles. The molecule has 0 atom stereocenters. The molecule has 0 unspecified atom stereocenters. The molecule has 0 spiro atoms. The Labute approximate surface area is 149 Å². The normalized spacial score (nSPS) is 12.0. The predicted molar refractivity (Wildman–Crippen MR) is 101 cm³/mol. The van der Waals surface area contributed by atoms with Gasteiger partial charge in [0.2, 0.25) is 5.78 Å². The lowest BCUT2D eigenvalue weighted by atomic mass is 10.2. The summed E-state index contributed by atoms with van der Waals surface area (Å²) < 4.78 is 6.31. The van der Waals surface area contributed by atoms with Crippen LogP contribution in [0.25, 0.3) is 23.0 Å². The molecule has 0 bridgehead atoms. The zero-order chi connectivity index (χ0) is 18.4. The van der Waals surface area contributed by atoms with Crippen LogP contribution in [0.15, 0.2) is 52.2 Å². The summed E-state index contributed by atoms with van der Waals surface area (Å²) in [5, 5.41) is 0. The van der Waals surface area contributed by atoms with Crippen LogP contribution in [0.5, 0.6) is 0 Å². The van der Waals surface area contributed by atoms with Crippen LogP contribution < -0.4 is 11.2 Å². The van der Waals surface area contributed by atoms with Crippen molar-refractivity contribution in [2.75, 3.05) is 0 Å². The first kappa shape index (κ1) is 16.1. The first-order valence-electron chi connectivity index (χ1n) is 8.34. The second-order valence-electron chi connectivity index (χ2n) is 6.35. The second kappa shape index (κ2) is 5.87. The summed E-state index contributed by atoms with van der Waals surface area (Å²) in [6.45, 7) is 2.15. The molecule has 0 aliphatic carbocycles. The molecule has 1 aromatic carbocycles. The minimum atomic E-state index is -0.375. The van der Waals surface area contributed by atoms with Crippen LogP contribution in [0.4, 0.5) is 0 Å². The number of aryl methyl sites for hydroxylation is 3. The number of hydrogen-bond acceptors (Lipinski definition) is 3. The van der Waals surface area contributed by atoms with Crippen molar-refractivity contribution < 1.29 is 0 Å². The summed E-state index contributed by atoms with van der Waals surface area (Å²) in [5.41, 5.74) is 2.11. The Morgan fingerprint density at radius 1 is 1.08 bits per heavy atom. The first-order valence-corrected chi connectivity index (χ1v) is 8.34. The number of hydrogen-bond donors (Lipinski definition) is 0. The molecule has 3 aromatic heterocycles. The fraction of sp³-hybridized carbons (Fsp3) is 0.211. The van der Waals surface area contributed by atoms with Gasteiger partial charge in [0.15, 0.2) is 11.2 Å². The monoisotopic (exact) mass is 349 g/mol. The van der Waals surface area contributed by atoms with Crippen molar-refractivity contribution in [2.24, 2.45) is 14.1 Å². The Kier molecular flexibility index (Phi) is 3.64.